The molecule has 0 spiro atoms. The number of sulfonamides is 1. The molecule has 7 nitrogen and oxygen atoms in total. The molecule has 0 saturated carbocycles. The molecule has 0 aromatic heterocycles. The lowest BCUT2D eigenvalue weighted by molar-refractivity contribution is -0.136. The number of hydrogen-bond acceptors (Lipinski definition) is 5. The summed E-state index contributed by atoms with van der Waals surface area (Å²) in [5, 5.41) is 11.4. The van der Waals surface area contributed by atoms with Crippen molar-refractivity contribution in [1.82, 2.24) is 9.62 Å². The number of imide groups is 1. The Morgan fingerprint density at radius 2 is 2.05 bits per heavy atom. The molecule has 0 radical (unpaired) electrons. The molecule has 2 rings (SSSR count). The second kappa shape index (κ2) is 4.63. The number of phenols is 1. The number of aromatic hydroxyl groups is 1. The van der Waals surface area contributed by atoms with Gasteiger partial charge in [0.05, 0.1) is 11.4 Å². The van der Waals surface area contributed by atoms with E-state index >= 15 is 0 Å². The summed E-state index contributed by atoms with van der Waals surface area (Å²) in [4.78, 5) is 22.6. The summed E-state index contributed by atoms with van der Waals surface area (Å²) in [6, 6.07) is 4.08. The lowest BCUT2D eigenvalue weighted by Gasteiger charge is -2.30. The predicted octanol–water partition coefficient (Wildman–Crippen LogP) is -0.572. The van der Waals surface area contributed by atoms with Gasteiger partial charge in [-0.3, -0.25) is 14.9 Å². The van der Waals surface area contributed by atoms with E-state index in [1.807, 2.05) is 0 Å². The number of carbonyl (C=O) groups is 2. The first-order valence-corrected chi connectivity index (χ1v) is 6.91. The quantitative estimate of drug-likeness (QED) is 0.708. The van der Waals surface area contributed by atoms with E-state index in [-0.39, 0.29) is 10.6 Å². The summed E-state index contributed by atoms with van der Waals surface area (Å²) in [6.45, 7) is 0.965. The van der Waals surface area contributed by atoms with Gasteiger partial charge in [-0.2, -0.15) is 4.31 Å². The van der Waals surface area contributed by atoms with Crippen LogP contribution in [0.25, 0.3) is 0 Å². The highest BCUT2D eigenvalue weighted by Crippen LogP contribution is 2.22. The molecule has 19 heavy (non-hydrogen) atoms. The molecule has 2 N–H and O–H groups in total. The molecule has 1 aliphatic rings. The van der Waals surface area contributed by atoms with Crippen LogP contribution in [0.15, 0.2) is 29.2 Å². The lowest BCUT2D eigenvalue weighted by Crippen LogP contribution is -2.58. The van der Waals surface area contributed by atoms with Gasteiger partial charge in [-0.05, 0) is 25.1 Å². The Morgan fingerprint density at radius 3 is 2.68 bits per heavy atom. The second-order valence-electron chi connectivity index (χ2n) is 4.14. The van der Waals surface area contributed by atoms with Crippen molar-refractivity contribution in [2.75, 3.05) is 6.54 Å². The minimum absolute atomic E-state index is 0.165. The molecule has 1 saturated heterocycles. The molecule has 1 atom stereocenters. The molecule has 0 aliphatic carbocycles. The van der Waals surface area contributed by atoms with E-state index in [0.29, 0.717) is 0 Å². The molecule has 1 aliphatic heterocycles. The molecule has 1 aromatic rings. The highest BCUT2D eigenvalue weighted by molar-refractivity contribution is 7.89. The van der Waals surface area contributed by atoms with Gasteiger partial charge in [-0.15, -0.1) is 0 Å². The van der Waals surface area contributed by atoms with E-state index < -0.39 is 34.4 Å². The lowest BCUT2D eigenvalue weighted by atomic mass is 10.2. The largest absolute Gasteiger partial charge is 0.508 e. The Hall–Kier alpha value is -1.93. The molecular formula is C11H12N2O5S. The summed E-state index contributed by atoms with van der Waals surface area (Å²) in [7, 11) is -4.01. The molecule has 2 amide bonds. The molecule has 1 heterocycles. The Labute approximate surface area is 109 Å². The normalized spacial score (nSPS) is 21.2. The van der Waals surface area contributed by atoms with Gasteiger partial charge in [0.25, 0.3) is 0 Å². The zero-order chi connectivity index (χ0) is 14.2. The molecule has 1 unspecified atom stereocenters. The number of nitrogens with one attached hydrogen (secondary N) is 1. The maximum absolute atomic E-state index is 12.3. The van der Waals surface area contributed by atoms with E-state index in [1.165, 1.54) is 25.1 Å². The van der Waals surface area contributed by atoms with Crippen LogP contribution in [0, 0.1) is 0 Å². The number of benzene rings is 1. The van der Waals surface area contributed by atoms with Gasteiger partial charge < -0.3 is 5.11 Å². The smallest absolute Gasteiger partial charge is 0.244 e. The van der Waals surface area contributed by atoms with E-state index in [4.69, 9.17) is 0 Å². The van der Waals surface area contributed by atoms with Gasteiger partial charge in [0, 0.05) is 0 Å². The van der Waals surface area contributed by atoms with Crippen molar-refractivity contribution >= 4 is 21.8 Å². The number of phenolic OH excluding ortho intramolecular Hbond substituents is 1. The minimum Gasteiger partial charge on any atom is -0.508 e. The fourth-order valence-electron chi connectivity index (χ4n) is 1.76. The van der Waals surface area contributed by atoms with Gasteiger partial charge in [0.15, 0.2) is 0 Å². The monoisotopic (exact) mass is 284 g/mol. The zero-order valence-corrected chi connectivity index (χ0v) is 10.8. The second-order valence-corrected chi connectivity index (χ2v) is 6.03. The average Bonchev–Trinajstić information content (AvgIpc) is 2.33. The number of carbonyl (C=O) groups excluding carboxylic acids is 2. The fraction of sp³-hybridized carbons (Fsp3) is 0.273. The molecule has 0 bridgehead atoms. The first kappa shape index (κ1) is 13.5. The first-order valence-electron chi connectivity index (χ1n) is 5.47. The van der Waals surface area contributed by atoms with E-state index in [1.54, 1.807) is 0 Å². The van der Waals surface area contributed by atoms with Crippen LogP contribution in [0.2, 0.25) is 0 Å². The SMILES string of the molecule is CC1C(=O)NC(=O)CN1S(=O)(=O)c1cccc(O)c1. The van der Waals surface area contributed by atoms with Gasteiger partial charge in [0.2, 0.25) is 21.8 Å². The highest BCUT2D eigenvalue weighted by atomic mass is 32.2. The predicted molar refractivity (Wildman–Crippen MR) is 64.6 cm³/mol. The first-order chi connectivity index (χ1) is 8.82. The van der Waals surface area contributed by atoms with Crippen LogP contribution in [0.5, 0.6) is 5.75 Å². The van der Waals surface area contributed by atoms with Crippen LogP contribution in [-0.4, -0.2) is 42.2 Å². The van der Waals surface area contributed by atoms with Crippen LogP contribution in [0.1, 0.15) is 6.92 Å². The van der Waals surface area contributed by atoms with Gasteiger partial charge >= 0.3 is 0 Å². The van der Waals surface area contributed by atoms with Gasteiger partial charge in [-0.1, -0.05) is 6.07 Å². The van der Waals surface area contributed by atoms with Crippen molar-refractivity contribution in [2.45, 2.75) is 17.9 Å². The summed E-state index contributed by atoms with van der Waals surface area (Å²) >= 11 is 0. The highest BCUT2D eigenvalue weighted by Gasteiger charge is 2.38. The maximum atomic E-state index is 12.3. The van der Waals surface area contributed by atoms with Crippen molar-refractivity contribution in [3.8, 4) is 5.75 Å². The van der Waals surface area contributed by atoms with Crippen LogP contribution in [0.4, 0.5) is 0 Å². The molecular weight excluding hydrogens is 272 g/mol. The van der Waals surface area contributed by atoms with Crippen molar-refractivity contribution < 1.29 is 23.1 Å². The van der Waals surface area contributed by atoms with Crippen molar-refractivity contribution in [3.63, 3.8) is 0 Å². The molecule has 102 valence electrons. The third-order valence-electron chi connectivity index (χ3n) is 2.80. The number of piperazine rings is 1. The van der Waals surface area contributed by atoms with Gasteiger partial charge in [-0.25, -0.2) is 8.42 Å². The number of nitrogens with zero attached hydrogens (tertiary/aromatic N) is 1. The van der Waals surface area contributed by atoms with Crippen LogP contribution < -0.4 is 5.32 Å². The summed E-state index contributed by atoms with van der Waals surface area (Å²) < 4.78 is 25.5. The van der Waals surface area contributed by atoms with Crippen LogP contribution in [-0.2, 0) is 19.6 Å². The summed E-state index contributed by atoms with van der Waals surface area (Å²) in [5.74, 6) is -1.55. The molecule has 1 fully saturated rings. The fourth-order valence-corrected chi connectivity index (χ4v) is 3.35. The third kappa shape index (κ3) is 2.45. The Kier molecular flexibility index (Phi) is 3.29. The number of rotatable bonds is 2. The average molecular weight is 284 g/mol. The topological polar surface area (TPSA) is 104 Å². The van der Waals surface area contributed by atoms with E-state index in [9.17, 15) is 23.1 Å². The van der Waals surface area contributed by atoms with Crippen molar-refractivity contribution in [1.29, 1.82) is 0 Å². The Balaban J connectivity index is 2.44. The zero-order valence-electron chi connectivity index (χ0n) is 10.0. The Bertz CT molecular complexity index is 640. The molecule has 1 aromatic carbocycles. The van der Waals surface area contributed by atoms with Crippen molar-refractivity contribution in [2.24, 2.45) is 0 Å². The van der Waals surface area contributed by atoms with Crippen LogP contribution in [0.3, 0.4) is 0 Å². The van der Waals surface area contributed by atoms with E-state index in [2.05, 4.69) is 5.32 Å². The minimum atomic E-state index is -4.01. The van der Waals surface area contributed by atoms with Crippen molar-refractivity contribution in [3.05, 3.63) is 24.3 Å². The standard InChI is InChI=1S/C11H12N2O5S/c1-7-11(16)12-10(15)6-13(7)19(17,18)9-4-2-3-8(14)5-9/h2-5,7,14H,6H2,1H3,(H,12,15,16). The van der Waals surface area contributed by atoms with E-state index in [0.717, 1.165) is 10.4 Å². The summed E-state index contributed by atoms with van der Waals surface area (Å²) in [6.07, 6.45) is 0. The molecule has 8 heteroatoms. The maximum Gasteiger partial charge on any atom is 0.244 e. The third-order valence-corrected chi connectivity index (χ3v) is 4.71. The summed E-state index contributed by atoms with van der Waals surface area (Å²) in [5.41, 5.74) is 0. The van der Waals surface area contributed by atoms with Gasteiger partial charge in [0.1, 0.15) is 11.8 Å². The number of hydrogen-bond donors (Lipinski definition) is 2. The van der Waals surface area contributed by atoms with Crippen LogP contribution >= 0.6 is 0 Å². The Morgan fingerprint density at radius 1 is 1.37 bits per heavy atom. The number of amides is 2.